The van der Waals surface area contributed by atoms with Crippen molar-refractivity contribution >= 4 is 11.9 Å². The van der Waals surface area contributed by atoms with Crippen LogP contribution in [0.1, 0.15) is 18.9 Å². The Morgan fingerprint density at radius 3 is 2.94 bits per heavy atom. The van der Waals surface area contributed by atoms with Gasteiger partial charge in [0.05, 0.1) is 6.20 Å². The molecule has 0 bridgehead atoms. The third kappa shape index (κ3) is 1.86. The number of nitrogens with zero attached hydrogens (tertiary/aromatic N) is 1. The minimum absolute atomic E-state index is 0.00903. The zero-order valence-electron chi connectivity index (χ0n) is 9.11. The van der Waals surface area contributed by atoms with Gasteiger partial charge in [0, 0.05) is 18.0 Å². The van der Waals surface area contributed by atoms with Crippen LogP contribution in [0.3, 0.4) is 0 Å². The van der Waals surface area contributed by atoms with Crippen LogP contribution in [0.5, 0.6) is 0 Å². The monoisotopic (exact) mass is 238 g/mol. The van der Waals surface area contributed by atoms with Crippen molar-refractivity contribution in [3.63, 3.8) is 0 Å². The van der Waals surface area contributed by atoms with Crippen LogP contribution in [0.25, 0.3) is 0 Å². The van der Waals surface area contributed by atoms with Crippen LogP contribution in [0.4, 0.5) is 4.39 Å². The van der Waals surface area contributed by atoms with Gasteiger partial charge in [0.1, 0.15) is 11.9 Å². The normalized spacial score (nSPS) is 27.9. The summed E-state index contributed by atoms with van der Waals surface area (Å²) in [5.41, 5.74) is -0.568. The van der Waals surface area contributed by atoms with Crippen molar-refractivity contribution in [2.45, 2.75) is 24.8 Å². The molecule has 0 aromatic carbocycles. The Bertz CT molecular complexity index is 491. The fourth-order valence-corrected chi connectivity index (χ4v) is 2.13. The van der Waals surface area contributed by atoms with Crippen molar-refractivity contribution in [3.05, 3.63) is 29.8 Å². The summed E-state index contributed by atoms with van der Waals surface area (Å²) in [4.78, 5) is 26.1. The van der Waals surface area contributed by atoms with E-state index in [1.165, 1.54) is 12.3 Å². The molecule has 0 radical (unpaired) electrons. The fraction of sp³-hybridized carbons (Fsp3) is 0.364. The zero-order valence-corrected chi connectivity index (χ0v) is 9.11. The van der Waals surface area contributed by atoms with Crippen molar-refractivity contribution < 1.29 is 19.1 Å². The standard InChI is InChI=1S/C11H11FN2O3/c1-11(6-2-7(12)5-13-4-6)3-8(15)14-9(11)10(16)17/h2,4-5,9H,3H2,1H3,(H,14,15)(H,16,17). The molecular weight excluding hydrogens is 227 g/mol. The van der Waals surface area contributed by atoms with Gasteiger partial charge in [0.25, 0.3) is 0 Å². The Hall–Kier alpha value is -1.98. The van der Waals surface area contributed by atoms with E-state index in [1.807, 2.05) is 0 Å². The molecule has 1 aromatic rings. The van der Waals surface area contributed by atoms with E-state index in [0.717, 1.165) is 6.20 Å². The lowest BCUT2D eigenvalue weighted by molar-refractivity contribution is -0.141. The minimum atomic E-state index is -1.14. The van der Waals surface area contributed by atoms with Crippen molar-refractivity contribution in [2.24, 2.45) is 0 Å². The third-order valence-electron chi connectivity index (χ3n) is 3.08. The second-order valence-electron chi connectivity index (χ2n) is 4.32. The molecule has 0 saturated carbocycles. The number of hydrogen-bond acceptors (Lipinski definition) is 3. The second kappa shape index (κ2) is 3.80. The molecule has 2 heterocycles. The molecular formula is C11H11FN2O3. The van der Waals surface area contributed by atoms with Crippen molar-refractivity contribution in [1.82, 2.24) is 10.3 Å². The number of nitrogens with one attached hydrogen (secondary N) is 1. The predicted octanol–water partition coefficient (Wildman–Crippen LogP) is 0.452. The smallest absolute Gasteiger partial charge is 0.327 e. The van der Waals surface area contributed by atoms with Gasteiger partial charge in [-0.25, -0.2) is 9.18 Å². The number of aromatic nitrogens is 1. The van der Waals surface area contributed by atoms with Crippen LogP contribution >= 0.6 is 0 Å². The molecule has 2 N–H and O–H groups in total. The first-order valence-electron chi connectivity index (χ1n) is 5.07. The number of amides is 1. The van der Waals surface area contributed by atoms with Crippen LogP contribution in [0.15, 0.2) is 18.5 Å². The number of carbonyl (C=O) groups is 2. The molecule has 0 spiro atoms. The zero-order chi connectivity index (χ0) is 12.6. The highest BCUT2D eigenvalue weighted by Crippen LogP contribution is 2.35. The number of carbonyl (C=O) groups excluding carboxylic acids is 1. The van der Waals surface area contributed by atoms with E-state index in [-0.39, 0.29) is 12.3 Å². The summed E-state index contributed by atoms with van der Waals surface area (Å²) >= 11 is 0. The Labute approximate surface area is 96.7 Å². The van der Waals surface area contributed by atoms with Crippen LogP contribution in [-0.4, -0.2) is 28.0 Å². The van der Waals surface area contributed by atoms with Gasteiger partial charge < -0.3 is 10.4 Å². The second-order valence-corrected chi connectivity index (χ2v) is 4.32. The molecule has 1 fully saturated rings. The van der Waals surface area contributed by atoms with Gasteiger partial charge in [-0.2, -0.15) is 0 Å². The summed E-state index contributed by atoms with van der Waals surface area (Å²) in [7, 11) is 0. The summed E-state index contributed by atoms with van der Waals surface area (Å²) in [6.45, 7) is 1.61. The average Bonchev–Trinajstić information content (AvgIpc) is 2.55. The van der Waals surface area contributed by atoms with Crippen molar-refractivity contribution in [2.75, 3.05) is 0 Å². The number of halogens is 1. The number of carboxylic acid groups (broad SMARTS) is 1. The first kappa shape index (κ1) is 11.5. The number of rotatable bonds is 2. The van der Waals surface area contributed by atoms with Gasteiger partial charge >= 0.3 is 5.97 Å². The molecule has 2 atom stereocenters. The number of carboxylic acids is 1. The maximum Gasteiger partial charge on any atom is 0.327 e. The van der Waals surface area contributed by atoms with Crippen molar-refractivity contribution in [1.29, 1.82) is 0 Å². The molecule has 90 valence electrons. The molecule has 2 rings (SSSR count). The van der Waals surface area contributed by atoms with Gasteiger partial charge in [-0.3, -0.25) is 9.78 Å². The third-order valence-corrected chi connectivity index (χ3v) is 3.08. The quantitative estimate of drug-likeness (QED) is 0.784. The van der Waals surface area contributed by atoms with Crippen LogP contribution in [0.2, 0.25) is 0 Å². The van der Waals surface area contributed by atoms with E-state index >= 15 is 0 Å². The topological polar surface area (TPSA) is 79.3 Å². The highest BCUT2D eigenvalue weighted by atomic mass is 19.1. The van der Waals surface area contributed by atoms with Gasteiger partial charge in [0.15, 0.2) is 0 Å². The van der Waals surface area contributed by atoms with Crippen LogP contribution in [0, 0.1) is 5.82 Å². The summed E-state index contributed by atoms with van der Waals surface area (Å²) in [5.74, 6) is -2.04. The molecule has 5 nitrogen and oxygen atoms in total. The molecule has 1 amide bonds. The van der Waals surface area contributed by atoms with Crippen molar-refractivity contribution in [3.8, 4) is 0 Å². The van der Waals surface area contributed by atoms with Crippen LogP contribution < -0.4 is 5.32 Å². The van der Waals surface area contributed by atoms with E-state index in [1.54, 1.807) is 6.92 Å². The number of hydrogen-bond donors (Lipinski definition) is 2. The Kier molecular flexibility index (Phi) is 2.57. The summed E-state index contributed by atoms with van der Waals surface area (Å²) in [5, 5.41) is 11.4. The van der Waals surface area contributed by atoms with Gasteiger partial charge in [-0.05, 0) is 11.6 Å². The lowest BCUT2D eigenvalue weighted by atomic mass is 9.76. The Morgan fingerprint density at radius 2 is 2.35 bits per heavy atom. The molecule has 2 unspecified atom stereocenters. The first-order valence-corrected chi connectivity index (χ1v) is 5.07. The van der Waals surface area contributed by atoms with Gasteiger partial charge in [0.2, 0.25) is 5.91 Å². The molecule has 1 aromatic heterocycles. The lowest BCUT2D eigenvalue weighted by Crippen LogP contribution is -2.44. The minimum Gasteiger partial charge on any atom is -0.480 e. The summed E-state index contributed by atoms with van der Waals surface area (Å²) < 4.78 is 13.1. The lowest BCUT2D eigenvalue weighted by Gasteiger charge is -2.27. The Morgan fingerprint density at radius 1 is 1.65 bits per heavy atom. The number of pyridine rings is 1. The SMILES string of the molecule is CC1(c2cncc(F)c2)CC(=O)NC1C(=O)O. The Balaban J connectivity index is 2.47. The van der Waals surface area contributed by atoms with E-state index in [2.05, 4.69) is 10.3 Å². The van der Waals surface area contributed by atoms with Gasteiger partial charge in [-0.1, -0.05) is 6.92 Å². The van der Waals surface area contributed by atoms with Crippen LogP contribution in [-0.2, 0) is 15.0 Å². The molecule has 6 heteroatoms. The molecule has 1 saturated heterocycles. The van der Waals surface area contributed by atoms with E-state index in [0.29, 0.717) is 5.56 Å². The molecule has 0 aliphatic carbocycles. The van der Waals surface area contributed by atoms with E-state index in [9.17, 15) is 14.0 Å². The summed E-state index contributed by atoms with van der Waals surface area (Å²) in [6.07, 6.45) is 2.43. The molecule has 1 aliphatic heterocycles. The molecule has 17 heavy (non-hydrogen) atoms. The fourth-order valence-electron chi connectivity index (χ4n) is 2.13. The van der Waals surface area contributed by atoms with E-state index in [4.69, 9.17) is 5.11 Å². The molecule has 1 aliphatic rings. The number of aliphatic carboxylic acids is 1. The summed E-state index contributed by atoms with van der Waals surface area (Å²) in [6, 6.07) is 0.155. The average molecular weight is 238 g/mol. The largest absolute Gasteiger partial charge is 0.480 e. The highest BCUT2D eigenvalue weighted by Gasteiger charge is 2.48. The first-order chi connectivity index (χ1) is 7.93. The maximum absolute atomic E-state index is 13.1. The van der Waals surface area contributed by atoms with Gasteiger partial charge in [-0.15, -0.1) is 0 Å². The predicted molar refractivity (Wildman–Crippen MR) is 55.7 cm³/mol. The maximum atomic E-state index is 13.1. The highest BCUT2D eigenvalue weighted by molar-refractivity contribution is 5.90. The van der Waals surface area contributed by atoms with E-state index < -0.39 is 23.2 Å².